The first-order valence-electron chi connectivity index (χ1n) is 6.38. The maximum atomic E-state index is 11.4. The second kappa shape index (κ2) is 7.73. The van der Waals surface area contributed by atoms with Gasteiger partial charge in [0.05, 0.1) is 10.0 Å². The Kier molecular flexibility index (Phi) is 6.63. The van der Waals surface area contributed by atoms with Crippen molar-refractivity contribution in [1.82, 2.24) is 10.6 Å². The second-order valence-corrected chi connectivity index (χ2v) is 5.61. The zero-order valence-corrected chi connectivity index (χ0v) is 13.0. The van der Waals surface area contributed by atoms with Crippen LogP contribution in [0, 0.1) is 5.92 Å². The number of hydrogen-bond donors (Lipinski definition) is 2. The molecule has 1 atom stereocenters. The van der Waals surface area contributed by atoms with Crippen LogP contribution >= 0.6 is 23.2 Å². The Bertz CT molecular complexity index is 435. The maximum absolute atomic E-state index is 11.4. The molecular formula is C14H20Cl2N2O. The number of amides is 1. The third-order valence-electron chi connectivity index (χ3n) is 2.84. The molecule has 106 valence electrons. The van der Waals surface area contributed by atoms with E-state index in [9.17, 15) is 4.79 Å². The van der Waals surface area contributed by atoms with Gasteiger partial charge < -0.3 is 10.6 Å². The van der Waals surface area contributed by atoms with Gasteiger partial charge in [-0.1, -0.05) is 43.1 Å². The van der Waals surface area contributed by atoms with E-state index < -0.39 is 0 Å². The average Bonchev–Trinajstić information content (AvgIpc) is 2.37. The Balaban J connectivity index is 2.37. The highest BCUT2D eigenvalue weighted by molar-refractivity contribution is 6.42. The van der Waals surface area contributed by atoms with Gasteiger partial charge in [0, 0.05) is 25.0 Å². The van der Waals surface area contributed by atoms with Gasteiger partial charge in [-0.05, 0) is 24.6 Å². The minimum absolute atomic E-state index is 0.0208. The van der Waals surface area contributed by atoms with Crippen molar-refractivity contribution in [1.29, 1.82) is 0 Å². The molecule has 0 bridgehead atoms. The number of halogens is 2. The van der Waals surface area contributed by atoms with Gasteiger partial charge in [-0.15, -0.1) is 0 Å². The van der Waals surface area contributed by atoms with Crippen molar-refractivity contribution in [2.75, 3.05) is 13.1 Å². The van der Waals surface area contributed by atoms with Gasteiger partial charge >= 0.3 is 0 Å². The zero-order chi connectivity index (χ0) is 14.4. The highest BCUT2D eigenvalue weighted by Crippen LogP contribution is 2.25. The van der Waals surface area contributed by atoms with E-state index >= 15 is 0 Å². The smallest absolute Gasteiger partial charge is 0.222 e. The molecule has 19 heavy (non-hydrogen) atoms. The van der Waals surface area contributed by atoms with Crippen LogP contribution in [0.3, 0.4) is 0 Å². The van der Waals surface area contributed by atoms with E-state index in [1.165, 1.54) is 0 Å². The predicted molar refractivity (Wildman–Crippen MR) is 80.7 cm³/mol. The largest absolute Gasteiger partial charge is 0.355 e. The van der Waals surface area contributed by atoms with Crippen LogP contribution in [0.2, 0.25) is 10.0 Å². The Morgan fingerprint density at radius 2 is 1.84 bits per heavy atom. The first kappa shape index (κ1) is 16.3. The summed E-state index contributed by atoms with van der Waals surface area (Å²) in [6.45, 7) is 7.12. The molecule has 0 saturated carbocycles. The number of rotatable bonds is 6. The number of carbonyl (C=O) groups is 1. The van der Waals surface area contributed by atoms with E-state index in [-0.39, 0.29) is 17.9 Å². The van der Waals surface area contributed by atoms with Crippen LogP contribution < -0.4 is 10.6 Å². The molecule has 0 aliphatic rings. The van der Waals surface area contributed by atoms with E-state index in [0.717, 1.165) is 5.56 Å². The van der Waals surface area contributed by atoms with Crippen molar-refractivity contribution in [3.63, 3.8) is 0 Å². The van der Waals surface area contributed by atoms with Crippen LogP contribution in [0.25, 0.3) is 0 Å². The predicted octanol–water partition coefficient (Wildman–Crippen LogP) is 3.42. The average molecular weight is 303 g/mol. The number of nitrogens with one attached hydrogen (secondary N) is 2. The molecule has 1 aromatic carbocycles. The monoisotopic (exact) mass is 302 g/mol. The Morgan fingerprint density at radius 1 is 1.16 bits per heavy atom. The Labute approximate surface area is 124 Å². The van der Waals surface area contributed by atoms with E-state index in [1.54, 1.807) is 6.07 Å². The van der Waals surface area contributed by atoms with Crippen molar-refractivity contribution >= 4 is 29.1 Å². The lowest BCUT2D eigenvalue weighted by Crippen LogP contribution is -2.35. The molecular weight excluding hydrogens is 283 g/mol. The summed E-state index contributed by atoms with van der Waals surface area (Å²) >= 11 is 11.9. The van der Waals surface area contributed by atoms with Crippen LogP contribution in [0.5, 0.6) is 0 Å². The van der Waals surface area contributed by atoms with Crippen molar-refractivity contribution in [2.45, 2.75) is 26.8 Å². The molecule has 1 unspecified atom stereocenters. The summed E-state index contributed by atoms with van der Waals surface area (Å²) in [4.78, 5) is 11.4. The topological polar surface area (TPSA) is 41.1 Å². The summed E-state index contributed by atoms with van der Waals surface area (Å²) in [6.07, 6.45) is 0. The number of carbonyl (C=O) groups excluding carboxylic acids is 1. The summed E-state index contributed by atoms with van der Waals surface area (Å²) in [5.41, 5.74) is 1.07. The summed E-state index contributed by atoms with van der Waals surface area (Å²) < 4.78 is 0. The highest BCUT2D eigenvalue weighted by atomic mass is 35.5. The molecule has 1 amide bonds. The zero-order valence-electron chi connectivity index (χ0n) is 11.5. The lowest BCUT2D eigenvalue weighted by Gasteiger charge is -2.15. The number of hydrogen-bond acceptors (Lipinski definition) is 2. The fourth-order valence-electron chi connectivity index (χ4n) is 1.58. The van der Waals surface area contributed by atoms with Gasteiger partial charge in [0.2, 0.25) is 5.91 Å². The molecule has 0 aromatic heterocycles. The Hall–Kier alpha value is -0.770. The molecule has 1 rings (SSSR count). The van der Waals surface area contributed by atoms with Crippen molar-refractivity contribution < 1.29 is 4.79 Å². The molecule has 0 fully saturated rings. The summed E-state index contributed by atoms with van der Waals surface area (Å²) in [7, 11) is 0. The molecule has 3 nitrogen and oxygen atoms in total. The first-order chi connectivity index (χ1) is 8.91. The van der Waals surface area contributed by atoms with E-state index in [2.05, 4.69) is 10.6 Å². The van der Waals surface area contributed by atoms with E-state index in [0.29, 0.717) is 23.1 Å². The van der Waals surface area contributed by atoms with Crippen LogP contribution in [0.15, 0.2) is 18.2 Å². The first-order valence-corrected chi connectivity index (χ1v) is 7.13. The second-order valence-electron chi connectivity index (χ2n) is 4.80. The summed E-state index contributed by atoms with van der Waals surface area (Å²) in [5.74, 6) is 0.0940. The van der Waals surface area contributed by atoms with Crippen molar-refractivity contribution in [2.24, 2.45) is 5.92 Å². The summed E-state index contributed by atoms with van der Waals surface area (Å²) in [6, 6.07) is 5.75. The van der Waals surface area contributed by atoms with Crippen molar-refractivity contribution in [3.8, 4) is 0 Å². The molecule has 0 aliphatic heterocycles. The summed E-state index contributed by atoms with van der Waals surface area (Å²) in [5, 5.41) is 7.30. The normalized spacial score (nSPS) is 12.5. The highest BCUT2D eigenvalue weighted by Gasteiger charge is 2.08. The minimum atomic E-state index is 0.0208. The van der Waals surface area contributed by atoms with E-state index in [1.807, 2.05) is 32.9 Å². The maximum Gasteiger partial charge on any atom is 0.222 e. The third-order valence-corrected chi connectivity index (χ3v) is 3.58. The fraction of sp³-hybridized carbons (Fsp3) is 0.500. The molecule has 5 heteroatoms. The lowest BCUT2D eigenvalue weighted by molar-refractivity contribution is -0.123. The van der Waals surface area contributed by atoms with Gasteiger partial charge in [-0.2, -0.15) is 0 Å². The lowest BCUT2D eigenvalue weighted by atomic mass is 10.1. The van der Waals surface area contributed by atoms with Gasteiger partial charge in [0.25, 0.3) is 0 Å². The molecule has 0 spiro atoms. The van der Waals surface area contributed by atoms with E-state index in [4.69, 9.17) is 23.2 Å². The molecule has 0 saturated heterocycles. The number of benzene rings is 1. The molecule has 1 aromatic rings. The molecule has 0 aliphatic carbocycles. The van der Waals surface area contributed by atoms with Gasteiger partial charge in [-0.3, -0.25) is 4.79 Å². The SMILES string of the molecule is CC(C)C(=O)NCCNC(C)c1ccc(Cl)c(Cl)c1. The Morgan fingerprint density at radius 3 is 2.42 bits per heavy atom. The molecule has 0 heterocycles. The van der Waals surface area contributed by atoms with Crippen LogP contribution in [-0.2, 0) is 4.79 Å². The van der Waals surface area contributed by atoms with Gasteiger partial charge in [0.15, 0.2) is 0 Å². The van der Waals surface area contributed by atoms with Crippen LogP contribution in [0.4, 0.5) is 0 Å². The fourth-order valence-corrected chi connectivity index (χ4v) is 1.88. The third kappa shape index (κ3) is 5.39. The van der Waals surface area contributed by atoms with Crippen LogP contribution in [-0.4, -0.2) is 19.0 Å². The van der Waals surface area contributed by atoms with Gasteiger partial charge in [0.1, 0.15) is 0 Å². The molecule has 0 radical (unpaired) electrons. The quantitative estimate of drug-likeness (QED) is 0.791. The van der Waals surface area contributed by atoms with Gasteiger partial charge in [-0.25, -0.2) is 0 Å². The minimum Gasteiger partial charge on any atom is -0.355 e. The standard InChI is InChI=1S/C14H20Cl2N2O/c1-9(2)14(19)18-7-6-17-10(3)11-4-5-12(15)13(16)8-11/h4-5,8-10,17H,6-7H2,1-3H3,(H,18,19). The van der Waals surface area contributed by atoms with Crippen molar-refractivity contribution in [3.05, 3.63) is 33.8 Å². The van der Waals surface area contributed by atoms with Crippen LogP contribution in [0.1, 0.15) is 32.4 Å². The molecule has 2 N–H and O–H groups in total.